The minimum atomic E-state index is -0.171. The molecular weight excluding hydrogens is 122 g/mol. The van der Waals surface area contributed by atoms with Gasteiger partial charge in [-0.15, -0.1) is 0 Å². The van der Waals surface area contributed by atoms with Gasteiger partial charge in [0, 0.05) is 29.6 Å². The molecule has 2 heteroatoms. The van der Waals surface area contributed by atoms with Crippen LogP contribution in [0.15, 0.2) is 0 Å². The molecule has 0 atom stereocenters. The normalized spacial score (nSPS) is 7.88. The number of hydrogen-bond donors (Lipinski definition) is 0. The van der Waals surface area contributed by atoms with Crippen molar-refractivity contribution in [1.82, 2.24) is 0 Å². The summed E-state index contributed by atoms with van der Waals surface area (Å²) in [6.07, 6.45) is 0. The van der Waals surface area contributed by atoms with Crippen molar-refractivity contribution in [3.05, 3.63) is 0 Å². The third-order valence-electron chi connectivity index (χ3n) is 1.73. The zero-order valence-corrected chi connectivity index (χ0v) is 9.85. The van der Waals surface area contributed by atoms with Gasteiger partial charge in [-0.25, -0.2) is 0 Å². The van der Waals surface area contributed by atoms with Crippen LogP contribution in [-0.2, 0) is 0 Å². The fraction of sp³-hybridized carbons (Fsp3) is 1.00. The summed E-state index contributed by atoms with van der Waals surface area (Å²) in [6.45, 7) is 6.97. The Kier molecular flexibility index (Phi) is 13.0. The van der Waals surface area contributed by atoms with Crippen molar-refractivity contribution in [3.63, 3.8) is 0 Å². The van der Waals surface area contributed by atoms with E-state index in [1.54, 1.807) is 0 Å². The topological polar surface area (TPSA) is 0 Å². The Morgan fingerprint density at radius 1 is 0.875 bits per heavy atom. The van der Waals surface area contributed by atoms with Gasteiger partial charge in [0.05, 0.1) is 0 Å². The summed E-state index contributed by atoms with van der Waals surface area (Å²) in [6, 6.07) is 0. The third-order valence-corrected chi connectivity index (χ3v) is 5.20. The van der Waals surface area contributed by atoms with Crippen LogP contribution in [0.2, 0.25) is 15.8 Å². The van der Waals surface area contributed by atoms with Crippen LogP contribution in [-0.4, -0.2) is 43.7 Å². The van der Waals surface area contributed by atoms with Crippen LogP contribution in [0.25, 0.3) is 0 Å². The van der Waals surface area contributed by atoms with Crippen molar-refractivity contribution < 1.29 is 0 Å². The maximum Gasteiger partial charge on any atom is 0.261 e. The average molecular weight is 137 g/mol. The van der Waals surface area contributed by atoms with E-state index in [1.165, 1.54) is 15.8 Å². The monoisotopic (exact) mass is 137 g/mol. The summed E-state index contributed by atoms with van der Waals surface area (Å²) in [4.78, 5) is 0. The predicted octanol–water partition coefficient (Wildman–Crippen LogP) is 2.16. The van der Waals surface area contributed by atoms with E-state index in [0.29, 0.717) is 0 Å². The molecule has 0 nitrogen and oxygen atoms in total. The van der Waals surface area contributed by atoms with Crippen molar-refractivity contribution in [3.8, 4) is 0 Å². The zero-order valence-electron chi connectivity index (χ0n) is 6.70. The van der Waals surface area contributed by atoms with Crippen LogP contribution in [0.4, 0.5) is 0 Å². The second-order valence-corrected chi connectivity index (χ2v) is 6.27. The van der Waals surface area contributed by atoms with Crippen LogP contribution in [0.1, 0.15) is 20.8 Å². The van der Waals surface area contributed by atoms with Crippen molar-refractivity contribution in [2.75, 3.05) is 0 Å². The molecule has 1 radical (unpaired) electrons. The molecule has 0 aliphatic carbocycles. The molecule has 0 amide bonds. The van der Waals surface area contributed by atoms with E-state index in [0.717, 1.165) is 0 Å². The first-order chi connectivity index (χ1) is 3.35. The first kappa shape index (κ1) is 12.2. The fourth-order valence-electron chi connectivity index (χ4n) is 0.866. The van der Waals surface area contributed by atoms with Gasteiger partial charge < -0.3 is 0 Å². The van der Waals surface area contributed by atoms with Crippen LogP contribution in [0.3, 0.4) is 0 Å². The molecule has 0 aromatic carbocycles. The maximum atomic E-state index is 2.32. The molecule has 43 valence electrons. The fourth-order valence-corrected chi connectivity index (χ4v) is 2.60. The summed E-state index contributed by atoms with van der Waals surface area (Å²) < 4.78 is 0. The van der Waals surface area contributed by atoms with E-state index in [1.807, 2.05) is 0 Å². The Labute approximate surface area is 79.7 Å². The van der Waals surface area contributed by atoms with Gasteiger partial charge in [-0.1, -0.05) is 36.6 Å². The van der Waals surface area contributed by atoms with Crippen molar-refractivity contribution in [2.24, 2.45) is 0 Å². The minimum Gasteiger partial charge on any atom is -0.0967 e. The van der Waals surface area contributed by atoms with Crippen LogP contribution < -0.4 is 0 Å². The van der Waals surface area contributed by atoms with Gasteiger partial charge in [0.2, 0.25) is 0 Å². The molecule has 0 N–H and O–H groups in total. The molecule has 0 fully saturated rings. The first-order valence-corrected chi connectivity index (χ1v) is 5.80. The van der Waals surface area contributed by atoms with Gasteiger partial charge in [-0.2, -0.15) is 0 Å². The van der Waals surface area contributed by atoms with Gasteiger partial charge in [-0.3, -0.25) is 0 Å². The summed E-state index contributed by atoms with van der Waals surface area (Å²) in [7, 11) is 0. The maximum absolute atomic E-state index is 2.32. The standard InChI is InChI=1S/3C2H5.Al.Na/c3*1-2;;/h3*1H2,2H3;;. The van der Waals surface area contributed by atoms with E-state index in [4.69, 9.17) is 0 Å². The molecule has 0 heterocycles. The SMILES string of the molecule is C[CH2][Al]([CH2]C)[CH2]C.[Na]. The number of rotatable bonds is 3. The molecular formula is C6H15AlNa. The van der Waals surface area contributed by atoms with Crippen molar-refractivity contribution >= 4 is 43.7 Å². The smallest absolute Gasteiger partial charge is 0.0967 e. The molecule has 8 heavy (non-hydrogen) atoms. The quantitative estimate of drug-likeness (QED) is 0.523. The summed E-state index contributed by atoms with van der Waals surface area (Å²) >= 11 is -0.171. The van der Waals surface area contributed by atoms with E-state index < -0.39 is 0 Å². The van der Waals surface area contributed by atoms with Crippen LogP contribution >= 0.6 is 0 Å². The van der Waals surface area contributed by atoms with Gasteiger partial charge in [-0.05, 0) is 0 Å². The van der Waals surface area contributed by atoms with Crippen LogP contribution in [0.5, 0.6) is 0 Å². The Balaban J connectivity index is 0. The summed E-state index contributed by atoms with van der Waals surface area (Å²) in [5.74, 6) is 0. The molecule has 0 bridgehead atoms. The average Bonchev–Trinajstić information content (AvgIpc) is 1.72. The van der Waals surface area contributed by atoms with Crippen LogP contribution in [0, 0.1) is 0 Å². The van der Waals surface area contributed by atoms with E-state index in [2.05, 4.69) is 20.8 Å². The largest absolute Gasteiger partial charge is 0.261 e. The predicted molar refractivity (Wildman–Crippen MR) is 43.0 cm³/mol. The molecule has 0 saturated carbocycles. The molecule has 0 saturated heterocycles. The second kappa shape index (κ2) is 8.53. The molecule has 0 rings (SSSR count). The Morgan fingerprint density at radius 3 is 1.12 bits per heavy atom. The molecule has 0 aromatic heterocycles. The van der Waals surface area contributed by atoms with Crippen molar-refractivity contribution in [2.45, 2.75) is 36.6 Å². The van der Waals surface area contributed by atoms with Gasteiger partial charge in [0.15, 0.2) is 0 Å². The van der Waals surface area contributed by atoms with Gasteiger partial charge in [0.1, 0.15) is 0 Å². The first-order valence-electron chi connectivity index (χ1n) is 3.35. The van der Waals surface area contributed by atoms with Crippen molar-refractivity contribution in [1.29, 1.82) is 0 Å². The van der Waals surface area contributed by atoms with E-state index in [-0.39, 0.29) is 43.7 Å². The van der Waals surface area contributed by atoms with Gasteiger partial charge in [0.25, 0.3) is 14.1 Å². The summed E-state index contributed by atoms with van der Waals surface area (Å²) in [5, 5.41) is 4.48. The second-order valence-electron chi connectivity index (χ2n) is 2.09. The van der Waals surface area contributed by atoms with E-state index in [9.17, 15) is 0 Å². The molecule has 0 spiro atoms. The van der Waals surface area contributed by atoms with Gasteiger partial charge >= 0.3 is 0 Å². The number of hydrogen-bond acceptors (Lipinski definition) is 0. The van der Waals surface area contributed by atoms with E-state index >= 15 is 0 Å². The molecule has 0 aliphatic rings. The Morgan fingerprint density at radius 2 is 1.12 bits per heavy atom. The third kappa shape index (κ3) is 5.67. The molecule has 0 unspecified atom stereocenters. The minimum absolute atomic E-state index is 0. The zero-order chi connectivity index (χ0) is 5.70. The Bertz CT molecular complexity index is 30.0. The summed E-state index contributed by atoms with van der Waals surface area (Å²) in [5.41, 5.74) is 0. The Hall–Kier alpha value is 1.53. The molecule has 0 aromatic rings. The molecule has 0 aliphatic heterocycles.